The Kier molecular flexibility index (Phi) is 11.9. The second-order valence-corrected chi connectivity index (χ2v) is 6.08. The van der Waals surface area contributed by atoms with Gasteiger partial charge in [0.1, 0.15) is 0 Å². The quantitative estimate of drug-likeness (QED) is 0.441. The molecule has 0 radical (unpaired) electrons. The summed E-state index contributed by atoms with van der Waals surface area (Å²) in [6, 6.07) is 10.5. The molecule has 1 rings (SSSR count). The molecule has 0 aliphatic rings. The number of unbranched alkanes of at least 4 members (excludes halogenated alkanes) is 8. The molecular formula is C19H32N2O2. The van der Waals surface area contributed by atoms with Crippen molar-refractivity contribution in [2.75, 3.05) is 13.1 Å². The van der Waals surface area contributed by atoms with Gasteiger partial charge in [-0.15, -0.1) is 0 Å². The summed E-state index contributed by atoms with van der Waals surface area (Å²) in [4.78, 5) is 10.3. The highest BCUT2D eigenvalue weighted by Gasteiger charge is 1.95. The summed E-state index contributed by atoms with van der Waals surface area (Å²) in [5.41, 5.74) is 1.35. The molecule has 0 aliphatic heterocycles. The third kappa shape index (κ3) is 12.7. The normalized spacial score (nSPS) is 10.6. The lowest BCUT2D eigenvalue weighted by atomic mass is 10.1. The van der Waals surface area contributed by atoms with Gasteiger partial charge in [-0.25, -0.2) is 4.79 Å². The van der Waals surface area contributed by atoms with E-state index >= 15 is 0 Å². The van der Waals surface area contributed by atoms with E-state index in [1.54, 1.807) is 0 Å². The fourth-order valence-corrected chi connectivity index (χ4v) is 2.64. The van der Waals surface area contributed by atoms with Crippen LogP contribution in [0.2, 0.25) is 0 Å². The lowest BCUT2D eigenvalue weighted by Gasteiger charge is -2.05. The average molecular weight is 320 g/mol. The van der Waals surface area contributed by atoms with Crippen molar-refractivity contribution in [2.24, 2.45) is 0 Å². The Morgan fingerprint density at radius 1 is 0.783 bits per heavy atom. The van der Waals surface area contributed by atoms with Gasteiger partial charge in [0.25, 0.3) is 0 Å². The van der Waals surface area contributed by atoms with Crippen molar-refractivity contribution in [1.29, 1.82) is 0 Å². The summed E-state index contributed by atoms with van der Waals surface area (Å²) in [6.45, 7) is 2.66. The third-order valence-corrected chi connectivity index (χ3v) is 3.98. The summed E-state index contributed by atoms with van der Waals surface area (Å²) >= 11 is 0. The van der Waals surface area contributed by atoms with Crippen molar-refractivity contribution in [2.45, 2.75) is 64.3 Å². The van der Waals surface area contributed by atoms with E-state index in [9.17, 15) is 4.79 Å². The summed E-state index contributed by atoms with van der Waals surface area (Å²) in [5, 5.41) is 14.3. The van der Waals surface area contributed by atoms with Crippen LogP contribution in [0.15, 0.2) is 30.3 Å². The molecule has 130 valence electrons. The first-order valence-electron chi connectivity index (χ1n) is 9.00. The molecule has 0 unspecified atom stereocenters. The number of carbonyl (C=O) groups is 1. The smallest absolute Gasteiger partial charge is 0.404 e. The molecule has 0 saturated carbocycles. The maximum Gasteiger partial charge on any atom is 0.404 e. The Labute approximate surface area is 140 Å². The van der Waals surface area contributed by atoms with Gasteiger partial charge in [0.15, 0.2) is 0 Å². The van der Waals surface area contributed by atoms with E-state index in [1.165, 1.54) is 50.5 Å². The predicted molar refractivity (Wildman–Crippen MR) is 95.7 cm³/mol. The first-order chi connectivity index (χ1) is 11.3. The summed E-state index contributed by atoms with van der Waals surface area (Å²) in [7, 11) is 0. The van der Waals surface area contributed by atoms with E-state index in [0.29, 0.717) is 6.54 Å². The monoisotopic (exact) mass is 320 g/mol. The predicted octanol–water partition coefficient (Wildman–Crippen LogP) is 4.55. The SMILES string of the molecule is O=C(O)NCCCCCCCCCCCNCc1ccccc1. The fourth-order valence-electron chi connectivity index (χ4n) is 2.64. The zero-order valence-corrected chi connectivity index (χ0v) is 14.2. The van der Waals surface area contributed by atoms with Crippen LogP contribution >= 0.6 is 0 Å². The molecule has 0 aromatic heterocycles. The Hall–Kier alpha value is -1.55. The van der Waals surface area contributed by atoms with E-state index in [1.807, 2.05) is 0 Å². The van der Waals surface area contributed by atoms with E-state index in [-0.39, 0.29) is 0 Å². The van der Waals surface area contributed by atoms with Crippen LogP contribution in [0.3, 0.4) is 0 Å². The van der Waals surface area contributed by atoms with Crippen molar-refractivity contribution in [3.05, 3.63) is 35.9 Å². The highest BCUT2D eigenvalue weighted by Crippen LogP contribution is 2.09. The highest BCUT2D eigenvalue weighted by molar-refractivity contribution is 5.64. The van der Waals surface area contributed by atoms with Crippen LogP contribution in [0.1, 0.15) is 63.4 Å². The zero-order chi connectivity index (χ0) is 16.6. The Morgan fingerprint density at radius 2 is 1.30 bits per heavy atom. The van der Waals surface area contributed by atoms with Crippen LogP contribution in [0, 0.1) is 0 Å². The molecule has 0 saturated heterocycles. The zero-order valence-electron chi connectivity index (χ0n) is 14.2. The number of benzene rings is 1. The van der Waals surface area contributed by atoms with E-state index < -0.39 is 6.09 Å². The maximum absolute atomic E-state index is 10.3. The largest absolute Gasteiger partial charge is 0.465 e. The average Bonchev–Trinajstić information content (AvgIpc) is 2.56. The Morgan fingerprint density at radius 3 is 1.87 bits per heavy atom. The van der Waals surface area contributed by atoms with Crippen LogP contribution in [0.25, 0.3) is 0 Å². The first-order valence-corrected chi connectivity index (χ1v) is 9.00. The molecule has 1 aromatic carbocycles. The van der Waals surface area contributed by atoms with Gasteiger partial charge in [0.2, 0.25) is 0 Å². The van der Waals surface area contributed by atoms with Gasteiger partial charge in [-0.1, -0.05) is 75.3 Å². The van der Waals surface area contributed by atoms with Crippen molar-refractivity contribution in [1.82, 2.24) is 10.6 Å². The molecule has 4 heteroatoms. The van der Waals surface area contributed by atoms with Crippen molar-refractivity contribution in [3.8, 4) is 0 Å². The van der Waals surface area contributed by atoms with Crippen LogP contribution in [0.5, 0.6) is 0 Å². The number of carboxylic acid groups (broad SMARTS) is 1. The molecule has 0 heterocycles. The van der Waals surface area contributed by atoms with Gasteiger partial charge >= 0.3 is 6.09 Å². The van der Waals surface area contributed by atoms with Crippen LogP contribution < -0.4 is 10.6 Å². The molecule has 23 heavy (non-hydrogen) atoms. The van der Waals surface area contributed by atoms with Gasteiger partial charge in [-0.2, -0.15) is 0 Å². The number of hydrogen-bond acceptors (Lipinski definition) is 2. The van der Waals surface area contributed by atoms with Crippen LogP contribution in [0.4, 0.5) is 4.79 Å². The highest BCUT2D eigenvalue weighted by atomic mass is 16.4. The minimum absolute atomic E-state index is 0.589. The van der Waals surface area contributed by atoms with Crippen molar-refractivity contribution < 1.29 is 9.90 Å². The fraction of sp³-hybridized carbons (Fsp3) is 0.632. The standard InChI is InChI=1S/C19H32N2O2/c22-19(23)21-16-12-7-5-3-1-2-4-6-11-15-20-17-18-13-9-8-10-14-18/h8-10,13-14,20-21H,1-7,11-12,15-17H2,(H,22,23). The first kappa shape index (κ1) is 19.5. The minimum atomic E-state index is -0.914. The molecular weight excluding hydrogens is 288 g/mol. The summed E-state index contributed by atoms with van der Waals surface area (Å²) in [5.74, 6) is 0. The Balaban J connectivity index is 1.74. The van der Waals surface area contributed by atoms with Gasteiger partial charge < -0.3 is 15.7 Å². The second-order valence-electron chi connectivity index (χ2n) is 6.08. The van der Waals surface area contributed by atoms with Gasteiger partial charge in [0, 0.05) is 13.1 Å². The number of nitrogens with one attached hydrogen (secondary N) is 2. The lowest BCUT2D eigenvalue weighted by molar-refractivity contribution is 0.194. The number of amides is 1. The van der Waals surface area contributed by atoms with E-state index in [4.69, 9.17) is 5.11 Å². The van der Waals surface area contributed by atoms with E-state index in [2.05, 4.69) is 41.0 Å². The molecule has 0 spiro atoms. The molecule has 0 atom stereocenters. The van der Waals surface area contributed by atoms with Crippen molar-refractivity contribution in [3.63, 3.8) is 0 Å². The minimum Gasteiger partial charge on any atom is -0.465 e. The molecule has 0 fully saturated rings. The molecule has 1 aromatic rings. The van der Waals surface area contributed by atoms with Gasteiger partial charge in [0.05, 0.1) is 0 Å². The third-order valence-electron chi connectivity index (χ3n) is 3.98. The Bertz CT molecular complexity index is 396. The molecule has 0 aliphatic carbocycles. The molecule has 4 nitrogen and oxygen atoms in total. The molecule has 0 bridgehead atoms. The van der Waals surface area contributed by atoms with Gasteiger partial charge in [-0.05, 0) is 24.9 Å². The summed E-state index contributed by atoms with van der Waals surface area (Å²) in [6.07, 6.45) is 10.2. The number of rotatable bonds is 14. The molecule has 3 N–H and O–H groups in total. The number of hydrogen-bond donors (Lipinski definition) is 3. The second kappa shape index (κ2) is 14.1. The molecule has 1 amide bonds. The van der Waals surface area contributed by atoms with Crippen LogP contribution in [-0.4, -0.2) is 24.3 Å². The summed E-state index contributed by atoms with van der Waals surface area (Å²) < 4.78 is 0. The van der Waals surface area contributed by atoms with E-state index in [0.717, 1.165) is 25.9 Å². The van der Waals surface area contributed by atoms with Gasteiger partial charge in [-0.3, -0.25) is 0 Å². The lowest BCUT2D eigenvalue weighted by Crippen LogP contribution is -2.21. The van der Waals surface area contributed by atoms with Crippen LogP contribution in [-0.2, 0) is 6.54 Å². The van der Waals surface area contributed by atoms with Crippen molar-refractivity contribution >= 4 is 6.09 Å². The topological polar surface area (TPSA) is 61.4 Å². The maximum atomic E-state index is 10.3.